The predicted molar refractivity (Wildman–Crippen MR) is 194 cm³/mol. The van der Waals surface area contributed by atoms with Gasteiger partial charge in [0.25, 0.3) is 0 Å². The van der Waals surface area contributed by atoms with Crippen LogP contribution in [0.15, 0.2) is 59.0 Å². The first-order chi connectivity index (χ1) is 27.6. The summed E-state index contributed by atoms with van der Waals surface area (Å²) in [6, 6.07) is 10.0. The van der Waals surface area contributed by atoms with Crippen LogP contribution in [-0.2, 0) is 19.0 Å². The topological polar surface area (TPSA) is 316 Å². The SMILES string of the molecule is COc1cc(-c2[o+]c3cc(O)cc(O[C@@H]4O[C@H](CO)[C@@H](O)[C@H](O)[C@H]4O)c3cc2O[C@@H]2O[C@H](COC(=O)/C=C/c3ccc(O)c(O)c3)[C@@H](O)[C@H](O)[C@H]2O)cc(OC)c1O. The third-order valence-corrected chi connectivity index (χ3v) is 9.35. The molecular weight excluding hydrogens is 776 g/mol. The molecule has 0 spiro atoms. The summed E-state index contributed by atoms with van der Waals surface area (Å²) in [7, 11) is 2.54. The summed E-state index contributed by atoms with van der Waals surface area (Å²) in [5.74, 6) is -3.39. The monoisotopic (exact) mass is 817 g/mol. The number of hydrogen-bond acceptors (Lipinski definition) is 19. The van der Waals surface area contributed by atoms with Crippen LogP contribution in [0.5, 0.6) is 46.0 Å². The lowest BCUT2D eigenvalue weighted by molar-refractivity contribution is -0.278. The fraction of sp³-hybridized carbons (Fsp3) is 0.368. The van der Waals surface area contributed by atoms with Crippen LogP contribution in [-0.4, -0.2) is 151 Å². The zero-order valence-corrected chi connectivity index (χ0v) is 30.6. The normalized spacial score (nSPS) is 27.3. The molecule has 0 unspecified atom stereocenters. The van der Waals surface area contributed by atoms with E-state index in [1.54, 1.807) is 0 Å². The Bertz CT molecular complexity index is 2110. The number of methoxy groups -OCH3 is 2. The van der Waals surface area contributed by atoms with Gasteiger partial charge in [0.2, 0.25) is 24.1 Å². The molecule has 10 atom stereocenters. The molecule has 3 heterocycles. The van der Waals surface area contributed by atoms with Crippen molar-refractivity contribution in [2.24, 2.45) is 0 Å². The Hall–Kier alpha value is -5.68. The summed E-state index contributed by atoms with van der Waals surface area (Å²) in [6.07, 6.45) is -15.1. The summed E-state index contributed by atoms with van der Waals surface area (Å²) < 4.78 is 45.2. The van der Waals surface area contributed by atoms with Gasteiger partial charge < -0.3 is 89.3 Å². The van der Waals surface area contributed by atoms with Crippen LogP contribution < -0.4 is 18.9 Å². The standard InChI is InChI=1S/C38H40O20/c1-51-23-8-16(9-24(52-2)29(23)44)36-25(12-18-21(54-36)10-17(40)11-22(18)55-37-34(49)32(47)30(45)26(13-39)57-37)56-38-35(50)33(48)31(46)27(58-38)14-53-28(43)6-4-15-3-5-19(41)20(42)7-15/h3-12,26-27,30-35,37-39,45-50H,13-14H2,1-2H3,(H3-,40,41,42,43,44)/p+1/t26-,27-,30-,31-,32+,33+,34-,35-,37-,38-/m1/s1. The number of aromatic hydroxyl groups is 4. The summed E-state index contributed by atoms with van der Waals surface area (Å²) in [5.41, 5.74) is 0.354. The first-order valence-electron chi connectivity index (χ1n) is 17.4. The highest BCUT2D eigenvalue weighted by molar-refractivity contribution is 5.89. The van der Waals surface area contributed by atoms with Crippen molar-refractivity contribution >= 4 is 23.0 Å². The minimum Gasteiger partial charge on any atom is -0.507 e. The quantitative estimate of drug-likeness (QED) is 0.0383. The van der Waals surface area contributed by atoms with E-state index in [9.17, 15) is 61.0 Å². The van der Waals surface area contributed by atoms with Gasteiger partial charge in [0.1, 0.15) is 72.3 Å². The Morgan fingerprint density at radius 1 is 0.707 bits per heavy atom. The Morgan fingerprint density at radius 2 is 1.31 bits per heavy atom. The Morgan fingerprint density at radius 3 is 1.91 bits per heavy atom. The minimum atomic E-state index is -1.94. The second-order valence-corrected chi connectivity index (χ2v) is 13.2. The molecule has 2 saturated heterocycles. The summed E-state index contributed by atoms with van der Waals surface area (Å²) in [6.45, 7) is -1.42. The number of esters is 1. The summed E-state index contributed by atoms with van der Waals surface area (Å²) in [5, 5.41) is 114. The van der Waals surface area contributed by atoms with E-state index < -0.39 is 92.1 Å². The molecule has 20 heteroatoms. The van der Waals surface area contributed by atoms with E-state index in [2.05, 4.69) is 0 Å². The van der Waals surface area contributed by atoms with Crippen molar-refractivity contribution in [1.29, 1.82) is 0 Å². The molecule has 0 amide bonds. The van der Waals surface area contributed by atoms with E-state index in [1.165, 1.54) is 62.8 Å². The fourth-order valence-corrected chi connectivity index (χ4v) is 6.17. The highest BCUT2D eigenvalue weighted by atomic mass is 16.7. The van der Waals surface area contributed by atoms with Crippen molar-refractivity contribution in [3.05, 3.63) is 60.2 Å². The molecule has 0 radical (unpaired) electrons. The Labute approximate surface area is 327 Å². The maximum Gasteiger partial charge on any atom is 0.402 e. The number of carbonyl (C=O) groups is 1. The first-order valence-corrected chi connectivity index (χ1v) is 17.4. The van der Waals surface area contributed by atoms with Crippen LogP contribution in [0.3, 0.4) is 0 Å². The third kappa shape index (κ3) is 8.60. The van der Waals surface area contributed by atoms with Crippen LogP contribution in [0.1, 0.15) is 5.56 Å². The average Bonchev–Trinajstić information content (AvgIpc) is 3.21. The van der Waals surface area contributed by atoms with Gasteiger partial charge in [0.05, 0.1) is 32.5 Å². The van der Waals surface area contributed by atoms with Crippen LogP contribution in [0.2, 0.25) is 0 Å². The van der Waals surface area contributed by atoms with Gasteiger partial charge >= 0.3 is 17.3 Å². The number of benzene rings is 3. The van der Waals surface area contributed by atoms with Gasteiger partial charge in [-0.2, -0.15) is 0 Å². The largest absolute Gasteiger partial charge is 0.507 e. The van der Waals surface area contributed by atoms with Crippen molar-refractivity contribution in [3.8, 4) is 57.3 Å². The number of ether oxygens (including phenoxy) is 7. The van der Waals surface area contributed by atoms with Crippen molar-refractivity contribution in [2.75, 3.05) is 27.4 Å². The second-order valence-electron chi connectivity index (χ2n) is 13.2. The molecule has 6 rings (SSSR count). The number of phenolic OH excluding ortho intramolecular Hbond substituents is 4. The highest BCUT2D eigenvalue weighted by Crippen LogP contribution is 2.46. The lowest BCUT2D eigenvalue weighted by Crippen LogP contribution is -2.60. The first kappa shape index (κ1) is 41.9. The molecule has 2 aliphatic rings. The van der Waals surface area contributed by atoms with Crippen LogP contribution >= 0.6 is 0 Å². The number of carbonyl (C=O) groups excluding carboxylic acids is 1. The Kier molecular flexibility index (Phi) is 12.6. The molecule has 0 saturated carbocycles. The van der Waals surface area contributed by atoms with E-state index in [0.29, 0.717) is 5.56 Å². The fourth-order valence-electron chi connectivity index (χ4n) is 6.17. The summed E-state index contributed by atoms with van der Waals surface area (Å²) in [4.78, 5) is 12.5. The van der Waals surface area contributed by atoms with Crippen LogP contribution in [0.4, 0.5) is 0 Å². The zero-order chi connectivity index (χ0) is 42.0. The smallest absolute Gasteiger partial charge is 0.402 e. The molecule has 2 fully saturated rings. The van der Waals surface area contributed by atoms with E-state index in [-0.39, 0.29) is 56.8 Å². The number of aliphatic hydroxyl groups is 7. The number of phenols is 4. The molecule has 1 aromatic heterocycles. The van der Waals surface area contributed by atoms with E-state index >= 15 is 0 Å². The number of fused-ring (bicyclic) bond motifs is 1. The van der Waals surface area contributed by atoms with E-state index in [4.69, 9.17) is 37.6 Å². The lowest BCUT2D eigenvalue weighted by Gasteiger charge is -2.39. The van der Waals surface area contributed by atoms with Gasteiger partial charge in [0, 0.05) is 30.3 Å². The van der Waals surface area contributed by atoms with Gasteiger partial charge in [-0.05, 0) is 23.8 Å². The predicted octanol–water partition coefficient (Wildman–Crippen LogP) is -0.158. The summed E-state index contributed by atoms with van der Waals surface area (Å²) >= 11 is 0. The molecule has 20 nitrogen and oxygen atoms in total. The third-order valence-electron chi connectivity index (χ3n) is 9.35. The van der Waals surface area contributed by atoms with Crippen molar-refractivity contribution < 1.29 is 98.5 Å². The van der Waals surface area contributed by atoms with Crippen molar-refractivity contribution in [2.45, 2.75) is 61.4 Å². The second kappa shape index (κ2) is 17.4. The maximum atomic E-state index is 12.5. The van der Waals surface area contributed by atoms with Gasteiger partial charge in [-0.15, -0.1) is 0 Å². The Balaban J connectivity index is 1.35. The maximum absolute atomic E-state index is 12.5. The van der Waals surface area contributed by atoms with Crippen molar-refractivity contribution in [3.63, 3.8) is 0 Å². The van der Waals surface area contributed by atoms with Gasteiger partial charge in [-0.3, -0.25) is 0 Å². The molecule has 3 aromatic carbocycles. The lowest BCUT2D eigenvalue weighted by atomic mass is 9.99. The molecule has 2 aliphatic heterocycles. The molecule has 0 bridgehead atoms. The highest BCUT2D eigenvalue weighted by Gasteiger charge is 2.47. The zero-order valence-electron chi connectivity index (χ0n) is 30.6. The van der Waals surface area contributed by atoms with E-state index in [0.717, 1.165) is 12.1 Å². The number of rotatable bonds is 12. The van der Waals surface area contributed by atoms with Crippen LogP contribution in [0.25, 0.3) is 28.4 Å². The van der Waals surface area contributed by atoms with Gasteiger partial charge in [0.15, 0.2) is 23.0 Å². The molecule has 0 aliphatic carbocycles. The molecule has 58 heavy (non-hydrogen) atoms. The molecule has 4 aromatic rings. The average molecular weight is 818 g/mol. The van der Waals surface area contributed by atoms with Crippen LogP contribution in [0, 0.1) is 0 Å². The molecule has 312 valence electrons. The molecule has 11 N–H and O–H groups in total. The van der Waals surface area contributed by atoms with E-state index in [1.807, 2.05) is 0 Å². The number of aliphatic hydroxyl groups excluding tert-OH is 7. The van der Waals surface area contributed by atoms with Gasteiger partial charge in [-0.1, -0.05) is 6.07 Å². The van der Waals surface area contributed by atoms with Crippen molar-refractivity contribution in [1.82, 2.24) is 0 Å². The molecular formula is C38H41O20+. The number of hydrogen-bond donors (Lipinski definition) is 11. The minimum absolute atomic E-state index is 0.00341. The van der Waals surface area contributed by atoms with Gasteiger partial charge in [-0.25, -0.2) is 9.21 Å².